The van der Waals surface area contributed by atoms with Crippen LogP contribution in [-0.2, 0) is 16.0 Å². The second kappa shape index (κ2) is 7.38. The fraction of sp³-hybridized carbons (Fsp3) is 0.300. The minimum Gasteiger partial charge on any atom is -0.376 e. The van der Waals surface area contributed by atoms with Gasteiger partial charge in [0.05, 0.1) is 6.54 Å². The van der Waals surface area contributed by atoms with Gasteiger partial charge in [0.15, 0.2) is 0 Å². The molecule has 0 bridgehead atoms. The van der Waals surface area contributed by atoms with E-state index in [1.807, 2.05) is 61.2 Å². The van der Waals surface area contributed by atoms with Crippen molar-refractivity contribution in [3.8, 4) is 0 Å². The number of rotatable bonds is 5. The Morgan fingerprint density at radius 1 is 1.08 bits per heavy atom. The quantitative estimate of drug-likeness (QED) is 0.880. The highest BCUT2D eigenvalue weighted by atomic mass is 16.2. The lowest BCUT2D eigenvalue weighted by Gasteiger charge is -2.18. The second-order valence-electron chi connectivity index (χ2n) is 6.50. The van der Waals surface area contributed by atoms with E-state index in [1.54, 1.807) is 0 Å². The van der Waals surface area contributed by atoms with Crippen molar-refractivity contribution in [3.05, 3.63) is 54.1 Å². The first-order valence-corrected chi connectivity index (χ1v) is 8.57. The average molecular weight is 337 g/mol. The van der Waals surface area contributed by atoms with Gasteiger partial charge < -0.3 is 15.5 Å². The largest absolute Gasteiger partial charge is 0.376 e. The van der Waals surface area contributed by atoms with Crippen LogP contribution >= 0.6 is 0 Å². The maximum atomic E-state index is 12.5. The molecule has 25 heavy (non-hydrogen) atoms. The van der Waals surface area contributed by atoms with E-state index >= 15 is 0 Å². The molecule has 2 aromatic rings. The molecule has 0 spiro atoms. The summed E-state index contributed by atoms with van der Waals surface area (Å²) in [4.78, 5) is 26.1. The molecule has 0 saturated heterocycles. The zero-order valence-corrected chi connectivity index (χ0v) is 14.6. The minimum atomic E-state index is -0.0755. The number of carbonyl (C=O) groups is 2. The van der Waals surface area contributed by atoms with Gasteiger partial charge in [-0.1, -0.05) is 38.1 Å². The molecule has 0 saturated carbocycles. The van der Waals surface area contributed by atoms with E-state index in [4.69, 9.17) is 0 Å². The zero-order valence-electron chi connectivity index (χ0n) is 14.6. The number of carbonyl (C=O) groups excluding carboxylic acids is 2. The lowest BCUT2D eigenvalue weighted by atomic mass is 10.2. The molecule has 0 aromatic heterocycles. The number of amides is 2. The predicted octanol–water partition coefficient (Wildman–Crippen LogP) is 3.28. The Balaban J connectivity index is 1.60. The summed E-state index contributed by atoms with van der Waals surface area (Å²) in [6, 6.07) is 15.4. The van der Waals surface area contributed by atoms with Crippen molar-refractivity contribution in [2.75, 3.05) is 28.6 Å². The van der Waals surface area contributed by atoms with Gasteiger partial charge in [-0.2, -0.15) is 0 Å². The van der Waals surface area contributed by atoms with E-state index in [1.165, 1.54) is 5.56 Å². The SMILES string of the molecule is CC(C)C(=O)Nc1cccc(NCC(=O)N2CCc3ccccc32)c1. The first kappa shape index (κ1) is 17.0. The standard InChI is InChI=1S/C20H23N3O2/c1-14(2)20(25)22-17-8-5-7-16(12-17)21-13-19(24)23-11-10-15-6-3-4-9-18(15)23/h3-9,12,14,21H,10-11,13H2,1-2H3,(H,22,25). The normalized spacial score (nSPS) is 12.8. The van der Waals surface area contributed by atoms with Crippen LogP contribution in [0.3, 0.4) is 0 Å². The van der Waals surface area contributed by atoms with Gasteiger partial charge >= 0.3 is 0 Å². The maximum absolute atomic E-state index is 12.5. The van der Waals surface area contributed by atoms with Crippen LogP contribution in [0, 0.1) is 5.92 Å². The molecule has 2 N–H and O–H groups in total. The highest BCUT2D eigenvalue weighted by Crippen LogP contribution is 2.27. The first-order valence-electron chi connectivity index (χ1n) is 8.57. The average Bonchev–Trinajstić information content (AvgIpc) is 3.04. The molecule has 2 amide bonds. The van der Waals surface area contributed by atoms with Gasteiger partial charge in [0.2, 0.25) is 11.8 Å². The molecule has 1 aliphatic heterocycles. The van der Waals surface area contributed by atoms with Gasteiger partial charge in [-0.05, 0) is 36.2 Å². The molecule has 0 unspecified atom stereocenters. The second-order valence-corrected chi connectivity index (χ2v) is 6.50. The third-order valence-corrected chi connectivity index (χ3v) is 4.29. The van der Waals surface area contributed by atoms with Crippen molar-refractivity contribution in [1.29, 1.82) is 0 Å². The molecule has 0 radical (unpaired) electrons. The number of anilines is 3. The summed E-state index contributed by atoms with van der Waals surface area (Å²) in [6.07, 6.45) is 0.901. The number of nitrogens with zero attached hydrogens (tertiary/aromatic N) is 1. The van der Waals surface area contributed by atoms with Crippen LogP contribution in [0.15, 0.2) is 48.5 Å². The summed E-state index contributed by atoms with van der Waals surface area (Å²) in [5.41, 5.74) is 3.76. The van der Waals surface area contributed by atoms with Crippen LogP contribution in [-0.4, -0.2) is 24.9 Å². The highest BCUT2D eigenvalue weighted by molar-refractivity contribution is 5.98. The molecule has 130 valence electrons. The Morgan fingerprint density at radius 2 is 1.84 bits per heavy atom. The Labute approximate surface area is 148 Å². The van der Waals surface area contributed by atoms with E-state index in [2.05, 4.69) is 16.7 Å². The van der Waals surface area contributed by atoms with Gasteiger partial charge in [0, 0.05) is 29.5 Å². The minimum absolute atomic E-state index is 0.0260. The highest BCUT2D eigenvalue weighted by Gasteiger charge is 2.23. The molecule has 1 heterocycles. The number of nitrogens with one attached hydrogen (secondary N) is 2. The van der Waals surface area contributed by atoms with Crippen LogP contribution in [0.1, 0.15) is 19.4 Å². The summed E-state index contributed by atoms with van der Waals surface area (Å²) in [5.74, 6) is -0.0584. The first-order chi connectivity index (χ1) is 12.0. The molecular formula is C20H23N3O2. The number of hydrogen-bond acceptors (Lipinski definition) is 3. The van der Waals surface area contributed by atoms with E-state index in [-0.39, 0.29) is 24.3 Å². The summed E-state index contributed by atoms with van der Waals surface area (Å²) in [7, 11) is 0. The van der Waals surface area contributed by atoms with Gasteiger partial charge in [0.1, 0.15) is 0 Å². The van der Waals surface area contributed by atoms with Crippen LogP contribution in [0.4, 0.5) is 17.1 Å². The molecule has 2 aromatic carbocycles. The third kappa shape index (κ3) is 3.99. The fourth-order valence-corrected chi connectivity index (χ4v) is 2.86. The summed E-state index contributed by atoms with van der Waals surface area (Å²) >= 11 is 0. The molecule has 0 fully saturated rings. The van der Waals surface area contributed by atoms with Crippen LogP contribution in [0.2, 0.25) is 0 Å². The van der Waals surface area contributed by atoms with Gasteiger partial charge in [-0.15, -0.1) is 0 Å². The molecular weight excluding hydrogens is 314 g/mol. The number of fused-ring (bicyclic) bond motifs is 1. The van der Waals surface area contributed by atoms with Crippen LogP contribution in [0.25, 0.3) is 0 Å². The lowest BCUT2D eigenvalue weighted by molar-refractivity contribution is -0.119. The third-order valence-electron chi connectivity index (χ3n) is 4.29. The summed E-state index contributed by atoms with van der Waals surface area (Å²) in [6.45, 7) is 4.65. The maximum Gasteiger partial charge on any atom is 0.246 e. The van der Waals surface area contributed by atoms with Crippen LogP contribution in [0.5, 0.6) is 0 Å². The Bertz CT molecular complexity index is 786. The number of hydrogen-bond donors (Lipinski definition) is 2. The van der Waals surface area contributed by atoms with Crippen molar-refractivity contribution in [1.82, 2.24) is 0 Å². The summed E-state index contributed by atoms with van der Waals surface area (Å²) in [5, 5.41) is 6.02. The molecule has 5 heteroatoms. The monoisotopic (exact) mass is 337 g/mol. The van der Waals surface area contributed by atoms with Crippen molar-refractivity contribution in [3.63, 3.8) is 0 Å². The Hall–Kier alpha value is -2.82. The van der Waals surface area contributed by atoms with Crippen LogP contribution < -0.4 is 15.5 Å². The molecule has 1 aliphatic rings. The number of benzene rings is 2. The Kier molecular flexibility index (Phi) is 5.03. The Morgan fingerprint density at radius 3 is 2.64 bits per heavy atom. The molecule has 3 rings (SSSR count). The van der Waals surface area contributed by atoms with Gasteiger partial charge in [-0.25, -0.2) is 0 Å². The van der Waals surface area contributed by atoms with E-state index in [0.717, 1.165) is 30.0 Å². The van der Waals surface area contributed by atoms with E-state index < -0.39 is 0 Å². The van der Waals surface area contributed by atoms with E-state index in [0.29, 0.717) is 0 Å². The topological polar surface area (TPSA) is 61.4 Å². The van der Waals surface area contributed by atoms with Gasteiger partial charge in [0.25, 0.3) is 0 Å². The predicted molar refractivity (Wildman–Crippen MR) is 101 cm³/mol. The lowest BCUT2D eigenvalue weighted by Crippen LogP contribution is -2.34. The van der Waals surface area contributed by atoms with Crippen molar-refractivity contribution in [2.24, 2.45) is 5.92 Å². The molecule has 5 nitrogen and oxygen atoms in total. The van der Waals surface area contributed by atoms with E-state index in [9.17, 15) is 9.59 Å². The van der Waals surface area contributed by atoms with Crippen molar-refractivity contribution >= 4 is 28.9 Å². The smallest absolute Gasteiger partial charge is 0.246 e. The summed E-state index contributed by atoms with van der Waals surface area (Å²) < 4.78 is 0. The zero-order chi connectivity index (χ0) is 17.8. The van der Waals surface area contributed by atoms with Crippen molar-refractivity contribution in [2.45, 2.75) is 20.3 Å². The molecule has 0 atom stereocenters. The number of para-hydroxylation sites is 1. The van der Waals surface area contributed by atoms with Gasteiger partial charge in [-0.3, -0.25) is 9.59 Å². The fourth-order valence-electron chi connectivity index (χ4n) is 2.86. The van der Waals surface area contributed by atoms with Crippen molar-refractivity contribution < 1.29 is 9.59 Å². The molecule has 0 aliphatic carbocycles.